The van der Waals surface area contributed by atoms with Gasteiger partial charge >= 0.3 is 11.7 Å². The average Bonchev–Trinajstić information content (AvgIpc) is 2.54. The number of hydrogen-bond donors (Lipinski definition) is 2. The summed E-state index contributed by atoms with van der Waals surface area (Å²) in [6.07, 6.45) is 4.44. The number of hydrogen-bond acceptors (Lipinski definition) is 6. The molecule has 1 amide bonds. The molecule has 0 radical (unpaired) electrons. The summed E-state index contributed by atoms with van der Waals surface area (Å²) < 4.78 is 5.66. The molecule has 3 heterocycles. The third kappa shape index (κ3) is 3.62. The molecule has 2 aromatic rings. The van der Waals surface area contributed by atoms with Gasteiger partial charge in [0.25, 0.3) is 11.5 Å². The molecule has 0 saturated carbocycles. The summed E-state index contributed by atoms with van der Waals surface area (Å²) >= 11 is 0. The summed E-state index contributed by atoms with van der Waals surface area (Å²) in [6.45, 7) is 0.870. The van der Waals surface area contributed by atoms with Gasteiger partial charge in [0.1, 0.15) is 11.8 Å². The van der Waals surface area contributed by atoms with E-state index >= 15 is 0 Å². The van der Waals surface area contributed by atoms with Gasteiger partial charge in [-0.2, -0.15) is 0 Å². The predicted octanol–water partition coefficient (Wildman–Crippen LogP) is -0.463. The smallest absolute Gasteiger partial charge is 0.326 e. The minimum absolute atomic E-state index is 0.0321. The van der Waals surface area contributed by atoms with Crippen molar-refractivity contribution in [1.82, 2.24) is 24.8 Å². The molecule has 1 unspecified atom stereocenters. The molecule has 0 bridgehead atoms. The second-order valence-corrected chi connectivity index (χ2v) is 5.17. The molecule has 0 aliphatic carbocycles. The van der Waals surface area contributed by atoms with Crippen LogP contribution in [0.1, 0.15) is 23.3 Å². The van der Waals surface area contributed by atoms with E-state index in [2.05, 4.69) is 15.0 Å². The number of nitrogens with zero attached hydrogens (tertiary/aromatic N) is 3. The summed E-state index contributed by atoms with van der Waals surface area (Å²) in [5.74, 6) is -0.407. The van der Waals surface area contributed by atoms with Gasteiger partial charge in [-0.15, -0.1) is 0 Å². The molecule has 1 fully saturated rings. The topological polar surface area (TPSA) is 121 Å². The van der Waals surface area contributed by atoms with Crippen molar-refractivity contribution in [2.24, 2.45) is 0 Å². The van der Waals surface area contributed by atoms with Crippen molar-refractivity contribution in [1.29, 1.82) is 0 Å². The van der Waals surface area contributed by atoms with E-state index in [9.17, 15) is 14.4 Å². The predicted molar refractivity (Wildman–Crippen MR) is 79.3 cm³/mol. The molecule has 9 nitrogen and oxygen atoms in total. The number of carbonyl (C=O) groups is 1. The van der Waals surface area contributed by atoms with Crippen LogP contribution in [0.15, 0.2) is 34.1 Å². The van der Waals surface area contributed by atoms with Gasteiger partial charge in [-0.05, 0) is 18.9 Å². The highest BCUT2D eigenvalue weighted by Gasteiger charge is 2.26. The Hall–Kier alpha value is -2.97. The quantitative estimate of drug-likeness (QED) is 0.790. The van der Waals surface area contributed by atoms with E-state index in [1.807, 2.05) is 4.98 Å². The second kappa shape index (κ2) is 6.42. The lowest BCUT2D eigenvalue weighted by atomic mass is 10.1. The van der Waals surface area contributed by atoms with Gasteiger partial charge in [-0.25, -0.2) is 14.8 Å². The fourth-order valence-corrected chi connectivity index (χ4v) is 2.47. The molecule has 2 N–H and O–H groups in total. The van der Waals surface area contributed by atoms with E-state index in [1.54, 1.807) is 23.4 Å². The number of aromatic amines is 2. The van der Waals surface area contributed by atoms with Crippen LogP contribution in [0.4, 0.5) is 0 Å². The van der Waals surface area contributed by atoms with Gasteiger partial charge in [0.15, 0.2) is 0 Å². The first-order chi connectivity index (χ1) is 11.1. The number of amides is 1. The molecule has 1 atom stereocenters. The Bertz CT molecular complexity index is 772. The highest BCUT2D eigenvalue weighted by molar-refractivity contribution is 5.92. The molecular formula is C14H15N5O4. The van der Waals surface area contributed by atoms with Crippen LogP contribution in [0.25, 0.3) is 0 Å². The molecule has 23 heavy (non-hydrogen) atoms. The standard InChI is InChI=1S/C14H15N5O4/c20-11-7-10(17-13(22)18-11)12(21)19-6-1-3-9(8-19)23-14-15-4-2-5-16-14/h2,4-5,7,9H,1,3,6,8H2,(H2,17,18,20,22). The summed E-state index contributed by atoms with van der Waals surface area (Å²) in [7, 11) is 0. The highest BCUT2D eigenvalue weighted by atomic mass is 16.5. The number of likely N-dealkylation sites (tertiary alicyclic amines) is 1. The molecule has 0 aromatic carbocycles. The van der Waals surface area contributed by atoms with Crippen LogP contribution in [-0.2, 0) is 0 Å². The fraction of sp³-hybridized carbons (Fsp3) is 0.357. The van der Waals surface area contributed by atoms with E-state index in [1.165, 1.54) is 0 Å². The van der Waals surface area contributed by atoms with E-state index in [0.29, 0.717) is 13.1 Å². The lowest BCUT2D eigenvalue weighted by Gasteiger charge is -2.32. The van der Waals surface area contributed by atoms with E-state index < -0.39 is 17.2 Å². The van der Waals surface area contributed by atoms with Crippen LogP contribution in [0.3, 0.4) is 0 Å². The minimum atomic E-state index is -0.705. The lowest BCUT2D eigenvalue weighted by molar-refractivity contribution is 0.0510. The van der Waals surface area contributed by atoms with Crippen molar-refractivity contribution in [3.8, 4) is 6.01 Å². The summed E-state index contributed by atoms with van der Waals surface area (Å²) in [6, 6.07) is 3.03. The number of rotatable bonds is 3. The summed E-state index contributed by atoms with van der Waals surface area (Å²) in [4.78, 5) is 48.9. The maximum Gasteiger partial charge on any atom is 0.326 e. The zero-order valence-corrected chi connectivity index (χ0v) is 12.2. The molecule has 9 heteroatoms. The first kappa shape index (κ1) is 14.9. The number of ether oxygens (including phenoxy) is 1. The largest absolute Gasteiger partial charge is 0.458 e. The van der Waals surface area contributed by atoms with Crippen LogP contribution in [0, 0.1) is 0 Å². The normalized spacial score (nSPS) is 17.7. The second-order valence-electron chi connectivity index (χ2n) is 5.17. The van der Waals surface area contributed by atoms with E-state index in [0.717, 1.165) is 18.9 Å². The van der Waals surface area contributed by atoms with Crippen LogP contribution >= 0.6 is 0 Å². The van der Waals surface area contributed by atoms with Crippen LogP contribution in [0.2, 0.25) is 0 Å². The van der Waals surface area contributed by atoms with Gasteiger partial charge < -0.3 is 14.6 Å². The van der Waals surface area contributed by atoms with Gasteiger partial charge in [0.05, 0.1) is 6.54 Å². The maximum atomic E-state index is 12.4. The van der Waals surface area contributed by atoms with Crippen LogP contribution < -0.4 is 16.0 Å². The Morgan fingerprint density at radius 2 is 2.04 bits per heavy atom. The molecule has 120 valence electrons. The van der Waals surface area contributed by atoms with Crippen LogP contribution in [-0.4, -0.2) is 49.9 Å². The third-order valence-corrected chi connectivity index (χ3v) is 3.47. The molecular weight excluding hydrogens is 302 g/mol. The summed E-state index contributed by atoms with van der Waals surface area (Å²) in [5, 5.41) is 0. The third-order valence-electron chi connectivity index (χ3n) is 3.47. The number of piperidine rings is 1. The number of aromatic nitrogens is 4. The van der Waals surface area contributed by atoms with E-state index in [-0.39, 0.29) is 17.8 Å². The minimum Gasteiger partial charge on any atom is -0.458 e. The highest BCUT2D eigenvalue weighted by Crippen LogP contribution is 2.16. The summed E-state index contributed by atoms with van der Waals surface area (Å²) in [5.41, 5.74) is -1.35. The van der Waals surface area contributed by atoms with Gasteiger partial charge in [-0.1, -0.05) is 0 Å². The Balaban J connectivity index is 1.71. The SMILES string of the molecule is O=C(c1cc(=O)[nH]c(=O)[nH]1)N1CCCC(Oc2ncccn2)C1. The van der Waals surface area contributed by atoms with Crippen molar-refractivity contribution in [2.45, 2.75) is 18.9 Å². The fourth-order valence-electron chi connectivity index (χ4n) is 2.47. The van der Waals surface area contributed by atoms with Gasteiger partial charge in [0.2, 0.25) is 0 Å². The molecule has 2 aromatic heterocycles. The number of nitrogens with one attached hydrogen (secondary N) is 2. The van der Waals surface area contributed by atoms with Crippen LogP contribution in [0.5, 0.6) is 6.01 Å². The van der Waals surface area contributed by atoms with Gasteiger partial charge in [-0.3, -0.25) is 14.6 Å². The molecule has 0 spiro atoms. The molecule has 1 saturated heterocycles. The number of carbonyl (C=O) groups excluding carboxylic acids is 1. The van der Waals surface area contributed by atoms with E-state index in [4.69, 9.17) is 4.74 Å². The number of H-pyrrole nitrogens is 2. The Morgan fingerprint density at radius 3 is 2.78 bits per heavy atom. The Kier molecular flexibility index (Phi) is 4.18. The molecule has 1 aliphatic heterocycles. The molecule has 3 rings (SSSR count). The zero-order valence-electron chi connectivity index (χ0n) is 12.2. The first-order valence-corrected chi connectivity index (χ1v) is 7.18. The van der Waals surface area contributed by atoms with Crippen molar-refractivity contribution < 1.29 is 9.53 Å². The average molecular weight is 317 g/mol. The first-order valence-electron chi connectivity index (χ1n) is 7.18. The maximum absolute atomic E-state index is 12.4. The lowest BCUT2D eigenvalue weighted by Crippen LogP contribution is -2.45. The Morgan fingerprint density at radius 1 is 1.26 bits per heavy atom. The Labute approximate surface area is 130 Å². The van der Waals surface area contributed by atoms with Gasteiger partial charge in [0, 0.05) is 25.0 Å². The zero-order chi connectivity index (χ0) is 16.2. The van der Waals surface area contributed by atoms with Crippen molar-refractivity contribution >= 4 is 5.91 Å². The van der Waals surface area contributed by atoms with Crippen molar-refractivity contribution in [2.75, 3.05) is 13.1 Å². The molecule has 1 aliphatic rings. The monoisotopic (exact) mass is 317 g/mol. The van der Waals surface area contributed by atoms with Crippen molar-refractivity contribution in [3.63, 3.8) is 0 Å². The van der Waals surface area contributed by atoms with Crippen molar-refractivity contribution in [3.05, 3.63) is 51.1 Å².